The van der Waals surface area contributed by atoms with Gasteiger partial charge in [0.2, 0.25) is 0 Å². The minimum absolute atomic E-state index is 0.150. The first-order chi connectivity index (χ1) is 9.51. The third-order valence-corrected chi connectivity index (χ3v) is 4.61. The largest absolute Gasteiger partial charge is 0.343 e. The molecule has 1 aromatic carbocycles. The molecule has 1 unspecified atom stereocenters. The molecule has 0 aliphatic heterocycles. The number of nitrogens with zero attached hydrogens (tertiary/aromatic N) is 2. The number of benzene rings is 1. The van der Waals surface area contributed by atoms with Gasteiger partial charge in [-0.3, -0.25) is 4.57 Å². The SMILES string of the molecule is CCC(N)Cc1ccc(Sc2n[nH]c(=O)n2C)c(Cl)c1. The second-order valence-corrected chi connectivity index (χ2v) is 6.03. The number of halogens is 1. The number of aromatic nitrogens is 3. The third-order valence-electron chi connectivity index (χ3n) is 3.06. The molecule has 7 heteroatoms. The Bertz CT molecular complexity index is 652. The minimum Gasteiger partial charge on any atom is -0.327 e. The van der Waals surface area contributed by atoms with Crippen LogP contribution in [0.15, 0.2) is 33.0 Å². The van der Waals surface area contributed by atoms with Crippen molar-refractivity contribution >= 4 is 23.4 Å². The van der Waals surface area contributed by atoms with E-state index in [4.69, 9.17) is 17.3 Å². The fraction of sp³-hybridized carbons (Fsp3) is 0.385. The number of rotatable bonds is 5. The van der Waals surface area contributed by atoms with Crippen molar-refractivity contribution in [2.75, 3.05) is 0 Å². The van der Waals surface area contributed by atoms with Crippen molar-refractivity contribution in [3.63, 3.8) is 0 Å². The van der Waals surface area contributed by atoms with Gasteiger partial charge in [-0.2, -0.15) is 0 Å². The maximum absolute atomic E-state index is 11.3. The zero-order chi connectivity index (χ0) is 14.7. The summed E-state index contributed by atoms with van der Waals surface area (Å²) in [6.07, 6.45) is 1.74. The van der Waals surface area contributed by atoms with Crippen molar-refractivity contribution in [1.29, 1.82) is 0 Å². The van der Waals surface area contributed by atoms with E-state index in [1.165, 1.54) is 16.3 Å². The highest BCUT2D eigenvalue weighted by Gasteiger charge is 2.10. The molecule has 5 nitrogen and oxygen atoms in total. The Hall–Kier alpha value is -1.24. The molecule has 108 valence electrons. The molecule has 1 aromatic heterocycles. The molecular formula is C13H17ClN4OS. The van der Waals surface area contributed by atoms with Crippen LogP contribution in [0.2, 0.25) is 5.02 Å². The molecule has 2 aromatic rings. The highest BCUT2D eigenvalue weighted by molar-refractivity contribution is 7.99. The zero-order valence-corrected chi connectivity index (χ0v) is 13.0. The predicted octanol–water partition coefficient (Wildman–Crippen LogP) is 2.19. The average Bonchev–Trinajstić information content (AvgIpc) is 2.73. The Morgan fingerprint density at radius 2 is 2.30 bits per heavy atom. The van der Waals surface area contributed by atoms with Gasteiger partial charge in [-0.05, 0) is 42.3 Å². The summed E-state index contributed by atoms with van der Waals surface area (Å²) >= 11 is 7.63. The van der Waals surface area contributed by atoms with Crippen LogP contribution < -0.4 is 11.4 Å². The van der Waals surface area contributed by atoms with Gasteiger partial charge in [0, 0.05) is 18.0 Å². The van der Waals surface area contributed by atoms with Crippen molar-refractivity contribution in [1.82, 2.24) is 14.8 Å². The number of hydrogen-bond acceptors (Lipinski definition) is 4. The van der Waals surface area contributed by atoms with Gasteiger partial charge in [0.1, 0.15) is 0 Å². The van der Waals surface area contributed by atoms with Gasteiger partial charge >= 0.3 is 5.69 Å². The molecule has 0 bridgehead atoms. The number of aromatic amines is 1. The van der Waals surface area contributed by atoms with E-state index >= 15 is 0 Å². The summed E-state index contributed by atoms with van der Waals surface area (Å²) < 4.78 is 1.45. The maximum Gasteiger partial charge on any atom is 0.343 e. The number of hydrogen-bond donors (Lipinski definition) is 2. The molecule has 2 rings (SSSR count). The van der Waals surface area contributed by atoms with Crippen LogP contribution in [0.3, 0.4) is 0 Å². The van der Waals surface area contributed by atoms with Crippen LogP contribution >= 0.6 is 23.4 Å². The number of nitrogens with two attached hydrogens (primary N) is 1. The van der Waals surface area contributed by atoms with Gasteiger partial charge in [-0.1, -0.05) is 24.6 Å². The summed E-state index contributed by atoms with van der Waals surface area (Å²) in [6, 6.07) is 6.01. The fourth-order valence-corrected chi connectivity index (χ4v) is 2.84. The smallest absolute Gasteiger partial charge is 0.327 e. The number of H-pyrrole nitrogens is 1. The fourth-order valence-electron chi connectivity index (χ4n) is 1.72. The van der Waals surface area contributed by atoms with Crippen LogP contribution in [0.25, 0.3) is 0 Å². The van der Waals surface area contributed by atoms with Crippen molar-refractivity contribution in [2.45, 2.75) is 35.9 Å². The summed E-state index contributed by atoms with van der Waals surface area (Å²) in [5, 5.41) is 7.57. The Labute approximate surface area is 126 Å². The van der Waals surface area contributed by atoms with Crippen molar-refractivity contribution in [3.8, 4) is 0 Å². The van der Waals surface area contributed by atoms with E-state index in [1.807, 2.05) is 18.2 Å². The predicted molar refractivity (Wildman–Crippen MR) is 81.4 cm³/mol. The maximum atomic E-state index is 11.3. The molecular weight excluding hydrogens is 296 g/mol. The lowest BCUT2D eigenvalue weighted by Gasteiger charge is -2.10. The summed E-state index contributed by atoms with van der Waals surface area (Å²) in [4.78, 5) is 12.2. The highest BCUT2D eigenvalue weighted by Crippen LogP contribution is 2.32. The lowest BCUT2D eigenvalue weighted by Crippen LogP contribution is -2.21. The van der Waals surface area contributed by atoms with Crippen molar-refractivity contribution < 1.29 is 0 Å². The molecule has 0 fully saturated rings. The molecule has 0 aliphatic rings. The Kier molecular flexibility index (Phi) is 4.91. The second kappa shape index (κ2) is 6.47. The second-order valence-electron chi connectivity index (χ2n) is 4.61. The molecule has 3 N–H and O–H groups in total. The van der Waals surface area contributed by atoms with Crippen molar-refractivity contribution in [2.24, 2.45) is 12.8 Å². The molecule has 0 amide bonds. The molecule has 0 saturated heterocycles. The van der Waals surface area contributed by atoms with Crippen LogP contribution in [-0.2, 0) is 13.5 Å². The van der Waals surface area contributed by atoms with E-state index in [-0.39, 0.29) is 11.7 Å². The van der Waals surface area contributed by atoms with Gasteiger partial charge < -0.3 is 5.73 Å². The molecule has 1 atom stereocenters. The Balaban J connectivity index is 2.18. The quantitative estimate of drug-likeness (QED) is 0.887. The van der Waals surface area contributed by atoms with Gasteiger partial charge in [-0.25, -0.2) is 9.89 Å². The first-order valence-corrected chi connectivity index (χ1v) is 7.54. The molecule has 0 spiro atoms. The van der Waals surface area contributed by atoms with E-state index < -0.39 is 0 Å². The third kappa shape index (κ3) is 3.45. The Morgan fingerprint density at radius 1 is 1.55 bits per heavy atom. The van der Waals surface area contributed by atoms with E-state index in [2.05, 4.69) is 17.1 Å². The van der Waals surface area contributed by atoms with Gasteiger partial charge in [0.25, 0.3) is 0 Å². The standard InChI is InChI=1S/C13H17ClN4OS/c1-3-9(15)6-8-4-5-11(10(14)7-8)20-13-17-16-12(19)18(13)2/h4-5,7,9H,3,6,15H2,1-2H3,(H,16,19). The topological polar surface area (TPSA) is 76.7 Å². The van der Waals surface area contributed by atoms with Crippen LogP contribution in [-0.4, -0.2) is 20.8 Å². The molecule has 1 heterocycles. The zero-order valence-electron chi connectivity index (χ0n) is 11.4. The van der Waals surface area contributed by atoms with Crippen LogP contribution in [0.4, 0.5) is 0 Å². The molecule has 20 heavy (non-hydrogen) atoms. The van der Waals surface area contributed by atoms with Gasteiger partial charge in [0.15, 0.2) is 5.16 Å². The van der Waals surface area contributed by atoms with Gasteiger partial charge in [-0.15, -0.1) is 5.10 Å². The lowest BCUT2D eigenvalue weighted by molar-refractivity contribution is 0.646. The molecule has 0 radical (unpaired) electrons. The average molecular weight is 313 g/mol. The first-order valence-electron chi connectivity index (χ1n) is 6.34. The highest BCUT2D eigenvalue weighted by atomic mass is 35.5. The van der Waals surface area contributed by atoms with Crippen molar-refractivity contribution in [3.05, 3.63) is 39.3 Å². The first kappa shape index (κ1) is 15.2. The number of nitrogens with one attached hydrogen (secondary N) is 1. The summed E-state index contributed by atoms with van der Waals surface area (Å²) in [5.41, 5.74) is 6.81. The lowest BCUT2D eigenvalue weighted by atomic mass is 10.1. The van der Waals surface area contributed by atoms with E-state index in [0.29, 0.717) is 10.2 Å². The van der Waals surface area contributed by atoms with Crippen LogP contribution in [0.5, 0.6) is 0 Å². The normalized spacial score (nSPS) is 12.6. The van der Waals surface area contributed by atoms with Gasteiger partial charge in [0.05, 0.1) is 5.02 Å². The summed E-state index contributed by atoms with van der Waals surface area (Å²) in [6.45, 7) is 2.06. The van der Waals surface area contributed by atoms with E-state index in [1.54, 1.807) is 7.05 Å². The minimum atomic E-state index is -0.242. The van der Waals surface area contributed by atoms with E-state index in [0.717, 1.165) is 23.3 Å². The van der Waals surface area contributed by atoms with E-state index in [9.17, 15) is 4.79 Å². The Morgan fingerprint density at radius 3 is 2.85 bits per heavy atom. The summed E-state index contributed by atoms with van der Waals surface area (Å²) in [5.74, 6) is 0. The molecule has 0 saturated carbocycles. The van der Waals surface area contributed by atoms with Crippen LogP contribution in [0, 0.1) is 0 Å². The monoisotopic (exact) mass is 312 g/mol. The van der Waals surface area contributed by atoms with Crippen LogP contribution in [0.1, 0.15) is 18.9 Å². The molecule has 0 aliphatic carbocycles. The summed E-state index contributed by atoms with van der Waals surface area (Å²) in [7, 11) is 1.66.